The van der Waals surface area contributed by atoms with E-state index in [2.05, 4.69) is 89.7 Å². The zero-order valence-electron chi connectivity index (χ0n) is 15.1. The van der Waals surface area contributed by atoms with E-state index >= 15 is 0 Å². The Kier molecular flexibility index (Phi) is 3.68. The summed E-state index contributed by atoms with van der Waals surface area (Å²) in [4.78, 5) is 9.37. The first-order chi connectivity index (χ1) is 13.3. The molecule has 2 nitrogen and oxygen atoms in total. The van der Waals surface area contributed by atoms with Crippen molar-refractivity contribution in [1.82, 2.24) is 9.97 Å². The van der Waals surface area contributed by atoms with Gasteiger partial charge in [0.1, 0.15) is 0 Å². The van der Waals surface area contributed by atoms with Gasteiger partial charge in [-0.15, -0.1) is 0 Å². The van der Waals surface area contributed by atoms with Crippen LogP contribution in [0.3, 0.4) is 0 Å². The molecule has 0 aliphatic carbocycles. The van der Waals surface area contributed by atoms with Gasteiger partial charge < -0.3 is 0 Å². The van der Waals surface area contributed by atoms with E-state index in [9.17, 15) is 0 Å². The molecule has 0 atom stereocenters. The topological polar surface area (TPSA) is 25.8 Å². The molecule has 2 aromatic heterocycles. The van der Waals surface area contributed by atoms with Gasteiger partial charge in [0.2, 0.25) is 0 Å². The lowest BCUT2D eigenvalue weighted by Crippen LogP contribution is -1.90. The van der Waals surface area contributed by atoms with Crippen LogP contribution in [0.2, 0.25) is 0 Å². The van der Waals surface area contributed by atoms with Gasteiger partial charge in [-0.1, -0.05) is 72.3 Å². The van der Waals surface area contributed by atoms with Gasteiger partial charge in [0, 0.05) is 23.2 Å². The Hall–Kier alpha value is -3.52. The van der Waals surface area contributed by atoms with Gasteiger partial charge in [0.25, 0.3) is 0 Å². The Balaban J connectivity index is 1.79. The maximum Gasteiger partial charge on any atom is 0.0970 e. The molecule has 2 heterocycles. The van der Waals surface area contributed by atoms with E-state index in [4.69, 9.17) is 0 Å². The van der Waals surface area contributed by atoms with Crippen LogP contribution in [0.5, 0.6) is 0 Å². The van der Waals surface area contributed by atoms with Crippen LogP contribution in [0.15, 0.2) is 91.3 Å². The summed E-state index contributed by atoms with van der Waals surface area (Å²) in [5.74, 6) is 0. The number of pyridine rings is 2. The zero-order chi connectivity index (χ0) is 18.2. The second-order valence-corrected chi connectivity index (χ2v) is 6.81. The predicted octanol–water partition coefficient (Wildman–Crippen LogP) is 6.43. The summed E-state index contributed by atoms with van der Waals surface area (Å²) in [7, 11) is 0. The van der Waals surface area contributed by atoms with Gasteiger partial charge in [-0.25, -0.2) is 0 Å². The first kappa shape index (κ1) is 15.7. The molecule has 0 saturated heterocycles. The summed E-state index contributed by atoms with van der Waals surface area (Å²) < 4.78 is 0. The Morgan fingerprint density at radius 1 is 0.519 bits per heavy atom. The van der Waals surface area contributed by atoms with Gasteiger partial charge in [-0.3, -0.25) is 9.97 Å². The highest BCUT2D eigenvalue weighted by atomic mass is 14.7. The zero-order valence-corrected chi connectivity index (χ0v) is 15.1. The molecular formula is C25H18N2. The molecule has 0 aliphatic rings. The van der Waals surface area contributed by atoms with Crippen molar-refractivity contribution < 1.29 is 0 Å². The normalized spacial score (nSPS) is 11.1. The molecule has 5 aromatic rings. The van der Waals surface area contributed by atoms with Crippen molar-refractivity contribution in [1.29, 1.82) is 0 Å². The fourth-order valence-corrected chi connectivity index (χ4v) is 3.68. The maximum atomic E-state index is 4.69. The molecule has 3 aromatic carbocycles. The molecule has 0 amide bonds. The molecular weight excluding hydrogens is 328 g/mol. The van der Waals surface area contributed by atoms with E-state index in [-0.39, 0.29) is 0 Å². The van der Waals surface area contributed by atoms with Crippen molar-refractivity contribution >= 4 is 21.8 Å². The van der Waals surface area contributed by atoms with Crippen LogP contribution in [0.1, 0.15) is 5.56 Å². The van der Waals surface area contributed by atoms with Crippen molar-refractivity contribution in [3.63, 3.8) is 0 Å². The van der Waals surface area contributed by atoms with Crippen LogP contribution in [-0.4, -0.2) is 9.97 Å². The number of hydrogen-bond donors (Lipinski definition) is 0. The van der Waals surface area contributed by atoms with E-state index in [0.29, 0.717) is 0 Å². The summed E-state index contributed by atoms with van der Waals surface area (Å²) >= 11 is 0. The fraction of sp³-hybridized carbons (Fsp3) is 0.0400. The minimum absolute atomic E-state index is 0.947. The highest BCUT2D eigenvalue weighted by Gasteiger charge is 2.11. The smallest absolute Gasteiger partial charge is 0.0970 e. The third-order valence-electron chi connectivity index (χ3n) is 5.07. The number of aryl methyl sites for hydroxylation is 1. The van der Waals surface area contributed by atoms with E-state index in [1.54, 1.807) is 0 Å². The third-order valence-corrected chi connectivity index (χ3v) is 5.07. The van der Waals surface area contributed by atoms with Crippen LogP contribution in [0.4, 0.5) is 0 Å². The van der Waals surface area contributed by atoms with E-state index in [1.165, 1.54) is 27.8 Å². The highest BCUT2D eigenvalue weighted by Crippen LogP contribution is 2.34. The Morgan fingerprint density at radius 3 is 1.59 bits per heavy atom. The van der Waals surface area contributed by atoms with E-state index < -0.39 is 0 Å². The van der Waals surface area contributed by atoms with Gasteiger partial charge in [-0.05, 0) is 41.3 Å². The highest BCUT2D eigenvalue weighted by molar-refractivity contribution is 6.11. The fourth-order valence-electron chi connectivity index (χ4n) is 3.68. The molecule has 0 N–H and O–H groups in total. The van der Waals surface area contributed by atoms with Crippen LogP contribution in [0, 0.1) is 6.92 Å². The minimum atomic E-state index is 0.947. The van der Waals surface area contributed by atoms with Crippen LogP contribution >= 0.6 is 0 Å². The lowest BCUT2D eigenvalue weighted by atomic mass is 9.96. The SMILES string of the molecule is Cc1ccc(-c2ccnc3c2ccc2c(-c4ccccc4)ccnc23)cc1. The summed E-state index contributed by atoms with van der Waals surface area (Å²) in [5, 5.41) is 2.26. The van der Waals surface area contributed by atoms with Crippen molar-refractivity contribution in [2.45, 2.75) is 6.92 Å². The molecule has 0 saturated carbocycles. The molecule has 0 bridgehead atoms. The van der Waals surface area contributed by atoms with Gasteiger partial charge >= 0.3 is 0 Å². The third kappa shape index (κ3) is 2.67. The molecule has 2 heteroatoms. The van der Waals surface area contributed by atoms with Crippen LogP contribution in [0.25, 0.3) is 44.1 Å². The number of nitrogens with zero attached hydrogens (tertiary/aromatic N) is 2. The lowest BCUT2D eigenvalue weighted by molar-refractivity contribution is 1.37. The summed E-state index contributed by atoms with van der Waals surface area (Å²) in [5.41, 5.74) is 7.92. The summed E-state index contributed by atoms with van der Waals surface area (Å²) in [6.45, 7) is 2.11. The van der Waals surface area contributed by atoms with Crippen LogP contribution < -0.4 is 0 Å². The van der Waals surface area contributed by atoms with Gasteiger partial charge in [-0.2, -0.15) is 0 Å². The maximum absolute atomic E-state index is 4.69. The standard InChI is InChI=1S/C25H18N2/c1-17-7-9-19(10-8-17)21-14-16-27-25-23(21)12-11-22-20(13-15-26-24(22)25)18-5-3-2-4-6-18/h2-16H,1H3. The number of fused-ring (bicyclic) bond motifs is 3. The average Bonchev–Trinajstić information content (AvgIpc) is 2.74. The monoisotopic (exact) mass is 346 g/mol. The average molecular weight is 346 g/mol. The molecule has 0 spiro atoms. The predicted molar refractivity (Wildman–Crippen MR) is 113 cm³/mol. The molecule has 128 valence electrons. The number of aromatic nitrogens is 2. The Bertz CT molecular complexity index is 1260. The van der Waals surface area contributed by atoms with Crippen molar-refractivity contribution in [3.8, 4) is 22.3 Å². The van der Waals surface area contributed by atoms with Crippen molar-refractivity contribution in [2.24, 2.45) is 0 Å². The Morgan fingerprint density at radius 2 is 1.04 bits per heavy atom. The summed E-state index contributed by atoms with van der Waals surface area (Å²) in [6, 6.07) is 27.6. The molecule has 0 unspecified atom stereocenters. The molecule has 0 aliphatic heterocycles. The molecule has 5 rings (SSSR count). The van der Waals surface area contributed by atoms with E-state index in [1.807, 2.05) is 18.5 Å². The molecule has 27 heavy (non-hydrogen) atoms. The number of hydrogen-bond acceptors (Lipinski definition) is 2. The second-order valence-electron chi connectivity index (χ2n) is 6.81. The second kappa shape index (κ2) is 6.33. The number of rotatable bonds is 2. The van der Waals surface area contributed by atoms with Crippen molar-refractivity contribution in [3.05, 3.63) is 96.8 Å². The van der Waals surface area contributed by atoms with E-state index in [0.717, 1.165) is 21.8 Å². The summed E-state index contributed by atoms with van der Waals surface area (Å²) in [6.07, 6.45) is 3.76. The first-order valence-electron chi connectivity index (χ1n) is 9.10. The Labute approximate surface area is 158 Å². The first-order valence-corrected chi connectivity index (χ1v) is 9.10. The molecule has 0 fully saturated rings. The largest absolute Gasteiger partial charge is 0.254 e. The van der Waals surface area contributed by atoms with Crippen LogP contribution in [-0.2, 0) is 0 Å². The van der Waals surface area contributed by atoms with Crippen molar-refractivity contribution in [2.75, 3.05) is 0 Å². The molecule has 0 radical (unpaired) electrons. The lowest BCUT2D eigenvalue weighted by Gasteiger charge is -2.11. The minimum Gasteiger partial charge on any atom is -0.254 e. The quantitative estimate of drug-likeness (QED) is 0.344. The van der Waals surface area contributed by atoms with Gasteiger partial charge in [0.15, 0.2) is 0 Å². The number of benzene rings is 3. The van der Waals surface area contributed by atoms with Gasteiger partial charge in [0.05, 0.1) is 11.0 Å².